The molecule has 2 rings (SSSR count). The van der Waals surface area contributed by atoms with Crippen LogP contribution in [0.25, 0.3) is 11.1 Å². The summed E-state index contributed by atoms with van der Waals surface area (Å²) in [6.45, 7) is 3.64. The predicted molar refractivity (Wildman–Crippen MR) is 83.6 cm³/mol. The van der Waals surface area contributed by atoms with E-state index in [1.165, 1.54) is 6.07 Å². The van der Waals surface area contributed by atoms with E-state index in [1.54, 1.807) is 13.0 Å². The monoisotopic (exact) mass is 276 g/mol. The molecule has 0 saturated heterocycles. The first-order valence-corrected chi connectivity index (χ1v) is 6.44. The van der Waals surface area contributed by atoms with Gasteiger partial charge >= 0.3 is 0 Å². The zero-order chi connectivity index (χ0) is 21.2. The third-order valence-corrected chi connectivity index (χ3v) is 3.02. The molecule has 0 spiro atoms. The Balaban J connectivity index is 2.89. The fourth-order valence-electron chi connectivity index (χ4n) is 2.11. The molecule has 0 amide bonds. The van der Waals surface area contributed by atoms with Crippen LogP contribution in [0, 0.1) is 0 Å². The number of hydrogen-bond donors (Lipinski definition) is 2. The van der Waals surface area contributed by atoms with E-state index < -0.39 is 17.8 Å². The molecule has 0 fully saturated rings. The summed E-state index contributed by atoms with van der Waals surface area (Å²) in [7, 11) is 0. The highest BCUT2D eigenvalue weighted by Gasteiger charge is 2.09. The van der Waals surface area contributed by atoms with Gasteiger partial charge < -0.3 is 10.2 Å². The van der Waals surface area contributed by atoms with E-state index in [1.807, 2.05) is 6.92 Å². The van der Waals surface area contributed by atoms with Crippen LogP contribution in [-0.2, 0) is 0 Å². The van der Waals surface area contributed by atoms with Gasteiger partial charge in [0.1, 0.15) is 11.5 Å². The molecule has 2 aromatic rings. The Kier molecular flexibility index (Phi) is 2.19. The summed E-state index contributed by atoms with van der Waals surface area (Å²) in [4.78, 5) is 0. The molecule has 20 heavy (non-hydrogen) atoms. The largest absolute Gasteiger partial charge is 0.508 e. The van der Waals surface area contributed by atoms with Crippen molar-refractivity contribution in [2.24, 2.45) is 0 Å². The molecule has 0 radical (unpaired) electrons. The highest BCUT2D eigenvalue weighted by atomic mass is 16.3. The van der Waals surface area contributed by atoms with Crippen molar-refractivity contribution in [2.45, 2.75) is 26.7 Å². The molecule has 0 aliphatic heterocycles. The van der Waals surface area contributed by atoms with Gasteiger partial charge in [0, 0.05) is 0 Å². The fourth-order valence-corrected chi connectivity index (χ4v) is 2.11. The van der Waals surface area contributed by atoms with Crippen LogP contribution >= 0.6 is 0 Å². The lowest BCUT2D eigenvalue weighted by Gasteiger charge is -2.14. The zero-order valence-electron chi connectivity index (χ0n) is 19.4. The van der Waals surface area contributed by atoms with Gasteiger partial charge in [-0.15, -0.1) is 0 Å². The quantitative estimate of drug-likeness (QED) is 0.742. The topological polar surface area (TPSA) is 40.5 Å². The molecule has 2 N–H and O–H groups in total. The van der Waals surface area contributed by atoms with E-state index in [0.29, 0.717) is 29.6 Å². The molecular formula is C18H20O2. The van der Waals surface area contributed by atoms with Crippen molar-refractivity contribution >= 4 is 11.1 Å². The van der Waals surface area contributed by atoms with Gasteiger partial charge in [-0.2, -0.15) is 0 Å². The van der Waals surface area contributed by atoms with Crippen molar-refractivity contribution in [1.29, 1.82) is 2.86 Å². The minimum atomic E-state index is -0.447. The maximum Gasteiger partial charge on any atom is 0.293 e. The van der Waals surface area contributed by atoms with Crippen LogP contribution in [0.3, 0.4) is 0 Å². The van der Waals surface area contributed by atoms with Gasteiger partial charge in [-0.05, 0) is 59.3 Å². The minimum Gasteiger partial charge on any atom is -0.508 e. The van der Waals surface area contributed by atoms with Crippen molar-refractivity contribution in [1.82, 2.24) is 0 Å². The average molecular weight is 276 g/mol. The van der Waals surface area contributed by atoms with Crippen LogP contribution in [-0.4, -0.2) is 13.1 Å². The van der Waals surface area contributed by atoms with E-state index >= 15 is 0 Å². The first kappa shape index (κ1) is 6.98. The second kappa shape index (κ2) is 6.29. The maximum atomic E-state index is 8.28. The van der Waals surface area contributed by atoms with Gasteiger partial charge in [0.05, 0.1) is 8.22 Å². The van der Waals surface area contributed by atoms with Crippen LogP contribution in [0.5, 0.6) is 11.5 Å². The molecule has 0 unspecified atom stereocenters. The number of benzene rings is 2. The highest BCUT2D eigenvalue weighted by molar-refractivity contribution is 5.90. The van der Waals surface area contributed by atoms with Crippen LogP contribution < -0.4 is 0 Å². The summed E-state index contributed by atoms with van der Waals surface area (Å²) < 4.78 is 62.8. The lowest BCUT2D eigenvalue weighted by Crippen LogP contribution is -1.91. The van der Waals surface area contributed by atoms with Crippen molar-refractivity contribution < 1.29 is 18.4 Å². The summed E-state index contributed by atoms with van der Waals surface area (Å²) >= 11 is 0. The number of rotatable bonds is 6. The second-order valence-electron chi connectivity index (χ2n) is 4.23. The molecule has 0 bridgehead atoms. The molecule has 0 heterocycles. The molecule has 0 aliphatic rings. The van der Waals surface area contributed by atoms with Gasteiger partial charge in [0.2, 0.25) is 0 Å². The summed E-state index contributed by atoms with van der Waals surface area (Å²) in [6.07, 6.45) is 0.788. The summed E-state index contributed by atoms with van der Waals surface area (Å²) in [5, 5.41) is 8.62. The Hall–Kier alpha value is -2.22. The van der Waals surface area contributed by atoms with Gasteiger partial charge in [0.15, 0.2) is 0 Å². The van der Waals surface area contributed by atoms with E-state index in [0.717, 1.165) is 0 Å². The first-order chi connectivity index (χ1) is 13.2. The number of allylic oxidation sites excluding steroid dienone is 2. The number of phenolic OH excluding ortho intramolecular Hbond substituents is 2. The molecule has 2 nitrogen and oxygen atoms in total. The molecule has 0 saturated carbocycles. The Morgan fingerprint density at radius 2 is 1.40 bits per heavy atom. The maximum absolute atomic E-state index is 8.28. The van der Waals surface area contributed by atoms with Gasteiger partial charge in [-0.1, -0.05) is 38.0 Å². The Labute approximate surface area is 131 Å². The standard InChI is InChI=1S/C18H20O2/c1-3-17(13-5-9-15(19)10-6-13)18(4-2)14-7-11-16(20)12-8-14/h5-12,19-20H,3-4H2,1-2H3/b18-17+/i5D,6D,7D,9D,10D,11D/hD2. The smallest absolute Gasteiger partial charge is 0.293 e. The lowest BCUT2D eigenvalue weighted by atomic mass is 9.91. The summed E-state index contributed by atoms with van der Waals surface area (Å²) in [5.74, 6) is -0.498. The third-order valence-electron chi connectivity index (χ3n) is 3.02. The van der Waals surface area contributed by atoms with E-state index in [-0.39, 0.29) is 35.5 Å². The minimum absolute atomic E-state index is 0.0524. The predicted octanol–water partition coefficient (Wildman–Crippen LogP) is 4.83. The van der Waals surface area contributed by atoms with Crippen LogP contribution in [0.4, 0.5) is 0 Å². The van der Waals surface area contributed by atoms with Crippen molar-refractivity contribution in [3.05, 3.63) is 59.5 Å². The van der Waals surface area contributed by atoms with Crippen molar-refractivity contribution in [3.8, 4) is 11.5 Å². The highest BCUT2D eigenvalue weighted by Crippen LogP contribution is 2.32. The normalized spacial score (nSPS) is 17.3. The van der Waals surface area contributed by atoms with Crippen molar-refractivity contribution in [2.75, 3.05) is 0 Å². The van der Waals surface area contributed by atoms with Crippen molar-refractivity contribution in [3.63, 3.8) is 0 Å². The molecule has 104 valence electrons. The molecule has 0 atom stereocenters. The summed E-state index contributed by atoms with van der Waals surface area (Å²) in [5.41, 5.74) is 1.62. The SMILES string of the molecule is [2H]Oc1ccc(/C(CC)=C(\CC)c2c([2H])c([2H])c(O[2H])c([2H])c2[2H])c([2H])c1[2H]. The number of phenols is 2. The second-order valence-corrected chi connectivity index (χ2v) is 4.23. The van der Waals surface area contributed by atoms with Crippen LogP contribution in [0.1, 0.15) is 46.0 Å². The van der Waals surface area contributed by atoms with E-state index in [2.05, 4.69) is 10.2 Å². The average Bonchev–Trinajstić information content (AvgIpc) is 2.69. The number of aromatic hydroxyl groups is 2. The fraction of sp³-hybridized carbons (Fsp3) is 0.222. The molecular weight excluding hydrogens is 248 g/mol. The molecule has 2 aromatic carbocycles. The molecule has 2 heteroatoms. The molecule has 0 aromatic heterocycles. The first-order valence-electron chi connectivity index (χ1n) is 10.3. The van der Waals surface area contributed by atoms with Gasteiger partial charge in [0.25, 0.3) is 2.86 Å². The van der Waals surface area contributed by atoms with E-state index in [9.17, 15) is 0 Å². The van der Waals surface area contributed by atoms with Crippen LogP contribution in [0.2, 0.25) is 0 Å². The Morgan fingerprint density at radius 1 is 0.850 bits per heavy atom. The molecule has 0 aliphatic carbocycles. The zero-order valence-corrected chi connectivity index (χ0v) is 11.4. The van der Waals surface area contributed by atoms with Gasteiger partial charge in [-0.25, -0.2) is 0 Å². The van der Waals surface area contributed by atoms with Gasteiger partial charge in [-0.3, -0.25) is 0 Å². The lowest BCUT2D eigenvalue weighted by molar-refractivity contribution is 0.474. The Morgan fingerprint density at radius 3 is 2.00 bits per heavy atom. The summed E-state index contributed by atoms with van der Waals surface area (Å²) in [6, 6.07) is 1.04. The Bertz CT molecular complexity index is 911. The van der Waals surface area contributed by atoms with E-state index in [4.69, 9.17) is 11.1 Å². The van der Waals surface area contributed by atoms with Crippen LogP contribution in [0.15, 0.2) is 48.4 Å². The third kappa shape index (κ3) is 3.02. The number of hydrogen-bond acceptors (Lipinski definition) is 2.